The second-order valence-corrected chi connectivity index (χ2v) is 7.00. The van der Waals surface area contributed by atoms with Gasteiger partial charge < -0.3 is 24.6 Å². The molecule has 2 N–H and O–H groups in total. The number of allylic oxidation sites excluding steroid dienone is 1. The third-order valence-electron chi connectivity index (χ3n) is 4.75. The van der Waals surface area contributed by atoms with Crippen LogP contribution in [0.4, 0.5) is 5.69 Å². The van der Waals surface area contributed by atoms with Crippen molar-refractivity contribution < 1.29 is 28.9 Å². The SMILES string of the molecule is CCOc1cc2c(cc1/C=C1\OC(Nc3ccccc3)=C(C(=O)O)C1=O)O[C@@H](C)C2. The molecular weight excluding hydrogens is 386 g/mol. The third kappa shape index (κ3) is 3.74. The molecule has 0 fully saturated rings. The molecule has 7 nitrogen and oxygen atoms in total. The lowest BCUT2D eigenvalue weighted by Crippen LogP contribution is -2.12. The molecule has 2 aliphatic rings. The normalized spacial score (nSPS) is 18.8. The first-order valence-corrected chi connectivity index (χ1v) is 9.66. The first-order chi connectivity index (χ1) is 14.5. The lowest BCUT2D eigenvalue weighted by molar-refractivity contribution is -0.134. The first-order valence-electron chi connectivity index (χ1n) is 9.66. The number of carboxylic acid groups (broad SMARTS) is 1. The highest BCUT2D eigenvalue weighted by Gasteiger charge is 2.36. The van der Waals surface area contributed by atoms with Gasteiger partial charge in [-0.15, -0.1) is 0 Å². The number of Topliss-reactive ketones (excluding diaryl/α,β-unsaturated/α-hetero) is 1. The van der Waals surface area contributed by atoms with Gasteiger partial charge in [-0.25, -0.2) is 4.79 Å². The molecule has 0 saturated carbocycles. The van der Waals surface area contributed by atoms with Crippen LogP contribution in [0.2, 0.25) is 0 Å². The summed E-state index contributed by atoms with van der Waals surface area (Å²) < 4.78 is 17.2. The highest BCUT2D eigenvalue weighted by Crippen LogP contribution is 2.37. The molecule has 0 saturated heterocycles. The number of ketones is 1. The molecule has 154 valence electrons. The smallest absolute Gasteiger partial charge is 0.345 e. The maximum absolute atomic E-state index is 12.8. The van der Waals surface area contributed by atoms with Crippen LogP contribution in [0.25, 0.3) is 6.08 Å². The number of aliphatic carboxylic acids is 1. The maximum Gasteiger partial charge on any atom is 0.345 e. The predicted molar refractivity (Wildman–Crippen MR) is 110 cm³/mol. The number of hydrogen-bond donors (Lipinski definition) is 2. The van der Waals surface area contributed by atoms with E-state index in [9.17, 15) is 14.7 Å². The van der Waals surface area contributed by atoms with Gasteiger partial charge in [-0.3, -0.25) is 4.79 Å². The minimum absolute atomic E-state index is 0.0590. The second kappa shape index (κ2) is 7.94. The molecule has 2 aliphatic heterocycles. The van der Waals surface area contributed by atoms with E-state index in [-0.39, 0.29) is 17.7 Å². The predicted octanol–water partition coefficient (Wildman–Crippen LogP) is 3.76. The maximum atomic E-state index is 12.8. The molecule has 0 aromatic heterocycles. The zero-order valence-corrected chi connectivity index (χ0v) is 16.6. The van der Waals surface area contributed by atoms with Gasteiger partial charge in [0, 0.05) is 23.2 Å². The van der Waals surface area contributed by atoms with Gasteiger partial charge in [-0.05, 0) is 44.2 Å². The van der Waals surface area contributed by atoms with Gasteiger partial charge in [0.2, 0.25) is 11.7 Å². The molecule has 2 aromatic rings. The van der Waals surface area contributed by atoms with Crippen molar-refractivity contribution in [1.29, 1.82) is 0 Å². The number of benzene rings is 2. The number of carboxylic acids is 1. The Kier molecular flexibility index (Phi) is 5.18. The van der Waals surface area contributed by atoms with Crippen LogP contribution in [-0.4, -0.2) is 29.6 Å². The van der Waals surface area contributed by atoms with Gasteiger partial charge in [0.15, 0.2) is 11.3 Å². The summed E-state index contributed by atoms with van der Waals surface area (Å²) in [5.41, 5.74) is 1.77. The summed E-state index contributed by atoms with van der Waals surface area (Å²) in [5.74, 6) is -0.987. The highest BCUT2D eigenvalue weighted by atomic mass is 16.5. The number of ether oxygens (including phenoxy) is 3. The van der Waals surface area contributed by atoms with Crippen molar-refractivity contribution in [3.05, 3.63) is 70.8 Å². The fourth-order valence-corrected chi connectivity index (χ4v) is 3.45. The van der Waals surface area contributed by atoms with Crippen LogP contribution < -0.4 is 14.8 Å². The topological polar surface area (TPSA) is 94.1 Å². The standard InChI is InChI=1S/C23H21NO6/c1-3-28-17-10-14-9-13(2)29-18(14)11-15(17)12-19-21(25)20(23(26)27)22(30-19)24-16-7-5-4-6-8-16/h4-8,10-13,24H,3,9H2,1-2H3,(H,26,27)/b19-12-/t13-/m0/s1. The average molecular weight is 407 g/mol. The highest BCUT2D eigenvalue weighted by molar-refractivity contribution is 6.26. The van der Waals surface area contributed by atoms with Crippen LogP contribution in [0, 0.1) is 0 Å². The number of para-hydroxylation sites is 1. The molecule has 4 rings (SSSR count). The Hall–Kier alpha value is -3.74. The Balaban J connectivity index is 1.69. The van der Waals surface area contributed by atoms with Gasteiger partial charge >= 0.3 is 5.97 Å². The molecule has 0 spiro atoms. The number of hydrogen-bond acceptors (Lipinski definition) is 6. The molecule has 0 bridgehead atoms. The van der Waals surface area contributed by atoms with Gasteiger partial charge in [-0.1, -0.05) is 18.2 Å². The van der Waals surface area contributed by atoms with Crippen LogP contribution in [0.3, 0.4) is 0 Å². The number of rotatable bonds is 6. The molecular formula is C23H21NO6. The molecule has 7 heteroatoms. The van der Waals surface area contributed by atoms with Crippen molar-refractivity contribution in [2.75, 3.05) is 11.9 Å². The van der Waals surface area contributed by atoms with Gasteiger partial charge in [0.25, 0.3) is 0 Å². The van der Waals surface area contributed by atoms with E-state index < -0.39 is 17.3 Å². The fraction of sp³-hybridized carbons (Fsp3) is 0.217. The number of nitrogens with one attached hydrogen (secondary N) is 1. The summed E-state index contributed by atoms with van der Waals surface area (Å²) in [5, 5.41) is 12.4. The Bertz CT molecular complexity index is 1070. The second-order valence-electron chi connectivity index (χ2n) is 7.00. The molecule has 30 heavy (non-hydrogen) atoms. The summed E-state index contributed by atoms with van der Waals surface area (Å²) in [4.78, 5) is 24.5. The van der Waals surface area contributed by atoms with Crippen LogP contribution in [0.15, 0.2) is 59.7 Å². The van der Waals surface area contributed by atoms with E-state index in [0.29, 0.717) is 23.6 Å². The average Bonchev–Trinajstić information content (AvgIpc) is 3.21. The van der Waals surface area contributed by atoms with E-state index in [1.165, 1.54) is 6.08 Å². The van der Waals surface area contributed by atoms with Crippen LogP contribution in [0.1, 0.15) is 25.0 Å². The fourth-order valence-electron chi connectivity index (χ4n) is 3.45. The van der Waals surface area contributed by atoms with Crippen molar-refractivity contribution in [3.8, 4) is 11.5 Å². The summed E-state index contributed by atoms with van der Waals surface area (Å²) in [6.07, 6.45) is 2.32. The van der Waals surface area contributed by atoms with Crippen LogP contribution in [-0.2, 0) is 20.7 Å². The Morgan fingerprint density at radius 3 is 2.77 bits per heavy atom. The molecule has 2 aromatic carbocycles. The third-order valence-corrected chi connectivity index (χ3v) is 4.75. The van der Waals surface area contributed by atoms with Crippen LogP contribution >= 0.6 is 0 Å². The van der Waals surface area contributed by atoms with E-state index in [0.717, 1.165) is 17.7 Å². The minimum Gasteiger partial charge on any atom is -0.493 e. The number of fused-ring (bicyclic) bond motifs is 1. The Morgan fingerprint density at radius 1 is 1.30 bits per heavy atom. The van der Waals surface area contributed by atoms with Gasteiger partial charge in [-0.2, -0.15) is 0 Å². The zero-order valence-electron chi connectivity index (χ0n) is 16.6. The van der Waals surface area contributed by atoms with E-state index in [1.54, 1.807) is 30.3 Å². The van der Waals surface area contributed by atoms with Crippen molar-refractivity contribution in [2.24, 2.45) is 0 Å². The van der Waals surface area contributed by atoms with Crippen molar-refractivity contribution >= 4 is 23.5 Å². The molecule has 0 radical (unpaired) electrons. The van der Waals surface area contributed by atoms with E-state index in [2.05, 4.69) is 5.32 Å². The summed E-state index contributed by atoms with van der Waals surface area (Å²) in [7, 11) is 0. The minimum atomic E-state index is -1.36. The van der Waals surface area contributed by atoms with Gasteiger partial charge in [0.1, 0.15) is 17.6 Å². The summed E-state index contributed by atoms with van der Waals surface area (Å²) in [6, 6.07) is 12.6. The number of anilines is 1. The Morgan fingerprint density at radius 2 is 2.07 bits per heavy atom. The quantitative estimate of drug-likeness (QED) is 0.556. The van der Waals surface area contributed by atoms with Crippen molar-refractivity contribution in [1.82, 2.24) is 0 Å². The van der Waals surface area contributed by atoms with E-state index in [4.69, 9.17) is 14.2 Å². The molecule has 0 aliphatic carbocycles. The lowest BCUT2D eigenvalue weighted by atomic mass is 10.0. The molecule has 0 unspecified atom stereocenters. The van der Waals surface area contributed by atoms with Crippen molar-refractivity contribution in [2.45, 2.75) is 26.4 Å². The molecule has 0 amide bonds. The molecule has 2 heterocycles. The Labute approximate surface area is 173 Å². The summed E-state index contributed by atoms with van der Waals surface area (Å²) >= 11 is 0. The monoisotopic (exact) mass is 407 g/mol. The van der Waals surface area contributed by atoms with E-state index in [1.807, 2.05) is 26.0 Å². The van der Waals surface area contributed by atoms with Crippen LogP contribution in [0.5, 0.6) is 11.5 Å². The van der Waals surface area contributed by atoms with Gasteiger partial charge in [0.05, 0.1) is 6.61 Å². The molecule has 1 atom stereocenters. The first kappa shape index (κ1) is 19.6. The largest absolute Gasteiger partial charge is 0.493 e. The van der Waals surface area contributed by atoms with E-state index >= 15 is 0 Å². The number of carbonyl (C=O) groups excluding carboxylic acids is 1. The summed E-state index contributed by atoms with van der Waals surface area (Å²) in [6.45, 7) is 4.29. The number of carbonyl (C=O) groups is 2. The van der Waals surface area contributed by atoms with Crippen molar-refractivity contribution in [3.63, 3.8) is 0 Å². The zero-order chi connectivity index (χ0) is 21.3. The lowest BCUT2D eigenvalue weighted by Gasteiger charge is -2.11.